The Morgan fingerprint density at radius 2 is 1.91 bits per heavy atom. The van der Waals surface area contributed by atoms with Gasteiger partial charge >= 0.3 is 0 Å². The van der Waals surface area contributed by atoms with Crippen molar-refractivity contribution in [3.05, 3.63) is 28.2 Å². The van der Waals surface area contributed by atoms with Gasteiger partial charge in [-0.1, -0.05) is 59.9 Å². The Balaban J connectivity index is 2.02. The van der Waals surface area contributed by atoms with E-state index in [2.05, 4.69) is 21.2 Å². The topological polar surface area (TPSA) is 46.2 Å². The van der Waals surface area contributed by atoms with Crippen LogP contribution in [0.5, 0.6) is 0 Å². The number of carbonyl (C=O) groups is 2. The molecular weight excluding hydrogens is 401 g/mol. The third kappa shape index (κ3) is 2.01. The van der Waals surface area contributed by atoms with E-state index in [1.807, 2.05) is 20.8 Å². The molecule has 0 aromatic heterocycles. The van der Waals surface area contributed by atoms with Crippen LogP contribution in [0.4, 0.5) is 5.69 Å². The summed E-state index contributed by atoms with van der Waals surface area (Å²) in [6.45, 7) is 5.99. The van der Waals surface area contributed by atoms with E-state index in [1.54, 1.807) is 18.2 Å². The Labute approximate surface area is 154 Å². The van der Waals surface area contributed by atoms with Crippen molar-refractivity contribution in [2.24, 2.45) is 16.2 Å². The predicted molar refractivity (Wildman–Crippen MR) is 96.4 cm³/mol. The van der Waals surface area contributed by atoms with E-state index in [0.717, 1.165) is 6.42 Å². The highest BCUT2D eigenvalue weighted by Crippen LogP contribution is 2.72. The Bertz CT molecular complexity index is 721. The summed E-state index contributed by atoms with van der Waals surface area (Å²) in [7, 11) is 0. The summed E-state index contributed by atoms with van der Waals surface area (Å²) in [6.07, 6.45) is 1.39. The molecule has 124 valence electrons. The van der Waals surface area contributed by atoms with Crippen molar-refractivity contribution in [3.63, 3.8) is 0 Å². The number of hydrogen-bond acceptors (Lipinski definition) is 2. The van der Waals surface area contributed by atoms with E-state index in [9.17, 15) is 9.59 Å². The van der Waals surface area contributed by atoms with Crippen LogP contribution in [0.15, 0.2) is 18.2 Å². The molecule has 0 saturated heterocycles. The van der Waals surface area contributed by atoms with Gasteiger partial charge in [-0.25, -0.2) is 0 Å². The molecule has 0 heterocycles. The third-order valence-corrected chi connectivity index (χ3v) is 8.06. The molecule has 23 heavy (non-hydrogen) atoms. The highest BCUT2D eigenvalue weighted by atomic mass is 79.9. The maximum atomic E-state index is 13.2. The van der Waals surface area contributed by atoms with Crippen LogP contribution in [0.3, 0.4) is 0 Å². The number of fused-ring (bicyclic) bond motifs is 2. The molecule has 2 aliphatic rings. The van der Waals surface area contributed by atoms with Gasteiger partial charge in [-0.3, -0.25) is 9.59 Å². The summed E-state index contributed by atoms with van der Waals surface area (Å²) in [5, 5.41) is 3.82. The standard InChI is InChI=1S/C17H18BrCl2NO2/c1-15(2)16(3)6-7-17(15,12(18)13(16)22)14(23)21-11-8-9(19)4-5-10(11)20/h4-5,8,12H,6-7H2,1-3H3,(H,21,23)/t12-,16+,17-/m1/s1. The van der Waals surface area contributed by atoms with Gasteiger partial charge in [0, 0.05) is 10.4 Å². The van der Waals surface area contributed by atoms with Crippen molar-refractivity contribution >= 4 is 56.5 Å². The molecule has 1 aromatic carbocycles. The van der Waals surface area contributed by atoms with Gasteiger partial charge in [0.15, 0.2) is 5.78 Å². The molecule has 0 aliphatic heterocycles. The second kappa shape index (κ2) is 5.21. The third-order valence-electron chi connectivity index (χ3n) is 6.30. The number of alkyl halides is 1. The summed E-state index contributed by atoms with van der Waals surface area (Å²) >= 11 is 15.7. The van der Waals surface area contributed by atoms with Gasteiger partial charge in [0.2, 0.25) is 5.91 Å². The smallest absolute Gasteiger partial charge is 0.232 e. The fourth-order valence-corrected chi connectivity index (χ4v) is 6.13. The normalized spacial score (nSPS) is 34.7. The van der Waals surface area contributed by atoms with Crippen molar-refractivity contribution in [1.29, 1.82) is 0 Å². The fourth-order valence-electron chi connectivity index (χ4n) is 4.28. The Kier molecular flexibility index (Phi) is 3.90. The van der Waals surface area contributed by atoms with Gasteiger partial charge in [-0.15, -0.1) is 0 Å². The first-order chi connectivity index (χ1) is 10.6. The minimum absolute atomic E-state index is 0.112. The van der Waals surface area contributed by atoms with E-state index in [-0.39, 0.29) is 11.7 Å². The lowest BCUT2D eigenvalue weighted by molar-refractivity contribution is -0.130. The minimum atomic E-state index is -0.787. The quantitative estimate of drug-likeness (QED) is 0.679. The number of benzene rings is 1. The predicted octanol–water partition coefficient (Wildman–Crippen LogP) is 5.09. The number of carbonyl (C=O) groups excluding carboxylic acids is 2. The summed E-state index contributed by atoms with van der Waals surface area (Å²) in [6, 6.07) is 4.94. The summed E-state index contributed by atoms with van der Waals surface area (Å²) in [4.78, 5) is 25.4. The number of halogens is 3. The number of anilines is 1. The molecule has 3 atom stereocenters. The van der Waals surface area contributed by atoms with Crippen LogP contribution >= 0.6 is 39.1 Å². The van der Waals surface area contributed by atoms with Crippen molar-refractivity contribution in [2.45, 2.75) is 38.4 Å². The molecule has 2 fully saturated rings. The number of nitrogens with one attached hydrogen (secondary N) is 1. The number of rotatable bonds is 2. The van der Waals surface area contributed by atoms with Crippen molar-refractivity contribution in [1.82, 2.24) is 0 Å². The van der Waals surface area contributed by atoms with Gasteiger partial charge in [-0.05, 0) is 36.5 Å². The second-order valence-corrected chi connectivity index (χ2v) is 8.99. The second-order valence-electron chi connectivity index (χ2n) is 7.23. The van der Waals surface area contributed by atoms with E-state index >= 15 is 0 Å². The number of hydrogen-bond donors (Lipinski definition) is 1. The van der Waals surface area contributed by atoms with Crippen molar-refractivity contribution < 1.29 is 9.59 Å². The van der Waals surface area contributed by atoms with Crippen molar-refractivity contribution in [3.8, 4) is 0 Å². The zero-order chi connectivity index (χ0) is 17.2. The Morgan fingerprint density at radius 1 is 1.26 bits per heavy atom. The van der Waals surface area contributed by atoms with Crippen LogP contribution in [-0.4, -0.2) is 16.5 Å². The molecule has 2 aliphatic carbocycles. The van der Waals surface area contributed by atoms with Crippen LogP contribution in [0.1, 0.15) is 33.6 Å². The van der Waals surface area contributed by atoms with E-state index in [1.165, 1.54) is 0 Å². The van der Waals surface area contributed by atoms with Crippen LogP contribution in [-0.2, 0) is 9.59 Å². The molecule has 3 rings (SSSR count). The average Bonchev–Trinajstić information content (AvgIpc) is 2.75. The fraction of sp³-hybridized carbons (Fsp3) is 0.529. The lowest BCUT2D eigenvalue weighted by Crippen LogP contribution is -2.48. The summed E-state index contributed by atoms with van der Waals surface area (Å²) < 4.78 is 0. The maximum Gasteiger partial charge on any atom is 0.232 e. The number of amides is 1. The van der Waals surface area contributed by atoms with Gasteiger partial charge in [-0.2, -0.15) is 0 Å². The molecule has 0 unspecified atom stereocenters. The molecular formula is C17H18BrCl2NO2. The van der Waals surface area contributed by atoms with E-state index in [4.69, 9.17) is 23.2 Å². The van der Waals surface area contributed by atoms with Gasteiger partial charge in [0.1, 0.15) is 0 Å². The van der Waals surface area contributed by atoms with Crippen LogP contribution in [0.2, 0.25) is 10.0 Å². The molecule has 0 radical (unpaired) electrons. The van der Waals surface area contributed by atoms with Crippen LogP contribution in [0, 0.1) is 16.2 Å². The molecule has 2 saturated carbocycles. The highest BCUT2D eigenvalue weighted by Gasteiger charge is 2.76. The monoisotopic (exact) mass is 417 g/mol. The summed E-state index contributed by atoms with van der Waals surface area (Å²) in [5.74, 6) is -0.0655. The molecule has 1 aromatic rings. The Hall–Kier alpha value is -0.580. The van der Waals surface area contributed by atoms with Gasteiger partial charge in [0.05, 0.1) is 21.0 Å². The zero-order valence-electron chi connectivity index (χ0n) is 13.2. The maximum absolute atomic E-state index is 13.2. The lowest BCUT2D eigenvalue weighted by Gasteiger charge is -2.39. The van der Waals surface area contributed by atoms with Crippen molar-refractivity contribution in [2.75, 3.05) is 5.32 Å². The molecule has 1 amide bonds. The molecule has 1 N–H and O–H groups in total. The van der Waals surface area contributed by atoms with Gasteiger partial charge < -0.3 is 5.32 Å². The minimum Gasteiger partial charge on any atom is -0.324 e. The lowest BCUT2D eigenvalue weighted by atomic mass is 9.64. The summed E-state index contributed by atoms with van der Waals surface area (Å²) in [5.41, 5.74) is -1.25. The largest absolute Gasteiger partial charge is 0.324 e. The Morgan fingerprint density at radius 3 is 2.48 bits per heavy atom. The number of Topliss-reactive ketones (excluding diaryl/α,β-unsaturated/α-hetero) is 1. The SMILES string of the molecule is CC1(C)[C@@]2(C)CC[C@]1(C(=O)Nc1cc(Cl)ccc1Cl)[C@H](Br)C2=O. The van der Waals surface area contributed by atoms with Gasteiger partial charge in [0.25, 0.3) is 0 Å². The zero-order valence-corrected chi connectivity index (χ0v) is 16.3. The first kappa shape index (κ1) is 17.2. The molecule has 0 spiro atoms. The van der Waals surface area contributed by atoms with Crippen LogP contribution in [0.25, 0.3) is 0 Å². The average molecular weight is 419 g/mol. The molecule has 3 nitrogen and oxygen atoms in total. The molecule has 2 bridgehead atoms. The first-order valence-electron chi connectivity index (χ1n) is 7.53. The van der Waals surface area contributed by atoms with Crippen LogP contribution < -0.4 is 5.32 Å². The highest BCUT2D eigenvalue weighted by molar-refractivity contribution is 9.10. The number of ketones is 1. The first-order valence-corrected chi connectivity index (χ1v) is 9.20. The molecule has 6 heteroatoms. The van der Waals surface area contributed by atoms with E-state index in [0.29, 0.717) is 22.2 Å². The van der Waals surface area contributed by atoms with E-state index < -0.39 is 21.1 Å².